The summed E-state index contributed by atoms with van der Waals surface area (Å²) in [5.74, 6) is 0. The molecule has 0 unspecified atom stereocenters. The molecule has 0 atom stereocenters. The molecule has 1 heteroatoms. The van der Waals surface area contributed by atoms with Gasteiger partial charge in [-0.15, -0.1) is 0 Å². The Labute approximate surface area is 55.4 Å². The fraction of sp³-hybridized carbons (Fsp3) is 0.250. The maximum atomic E-state index is 11.4. The van der Waals surface area contributed by atoms with Crippen LogP contribution in [0.4, 0.5) is 4.39 Å². The van der Waals surface area contributed by atoms with Crippen LogP contribution in [-0.2, 0) is 0 Å². The summed E-state index contributed by atoms with van der Waals surface area (Å²) in [6.45, 7) is 3.76. The minimum absolute atomic E-state index is 0.537. The fourth-order valence-corrected chi connectivity index (χ4v) is 0.403. The van der Waals surface area contributed by atoms with Crippen LogP contribution in [0.3, 0.4) is 0 Å². The van der Waals surface area contributed by atoms with Crippen molar-refractivity contribution in [3.05, 3.63) is 36.2 Å². The predicted molar refractivity (Wildman–Crippen MR) is 38.8 cm³/mol. The maximum Gasteiger partial charge on any atom is 0.0869 e. The molecular weight excluding hydrogens is 115 g/mol. The molecule has 0 spiro atoms. The molecule has 0 amide bonds. The van der Waals surface area contributed by atoms with Gasteiger partial charge < -0.3 is 0 Å². The molecule has 0 N–H and O–H groups in total. The van der Waals surface area contributed by atoms with Gasteiger partial charge in [-0.3, -0.25) is 0 Å². The summed E-state index contributed by atoms with van der Waals surface area (Å²) in [6.07, 6.45) is 7.57. The number of hydrogen-bond donors (Lipinski definition) is 0. The summed E-state index contributed by atoms with van der Waals surface area (Å²) in [5, 5.41) is 0. The lowest BCUT2D eigenvalue weighted by Crippen LogP contribution is -1.62. The number of halogens is 1. The van der Waals surface area contributed by atoms with Gasteiger partial charge in [0.15, 0.2) is 0 Å². The molecule has 0 aromatic rings. The molecular formula is C8H11F. The first-order valence-electron chi connectivity index (χ1n) is 2.87. The van der Waals surface area contributed by atoms with E-state index in [1.807, 2.05) is 32.1 Å². The minimum Gasteiger partial charge on any atom is -0.216 e. The summed E-state index contributed by atoms with van der Waals surface area (Å²) in [7, 11) is 0. The molecule has 0 aromatic carbocycles. The summed E-state index contributed by atoms with van der Waals surface area (Å²) >= 11 is 0. The van der Waals surface area contributed by atoms with Crippen LogP contribution >= 0.6 is 0 Å². The van der Waals surface area contributed by atoms with E-state index in [0.29, 0.717) is 6.33 Å². The second kappa shape index (κ2) is 5.29. The topological polar surface area (TPSA) is 0 Å². The van der Waals surface area contributed by atoms with Gasteiger partial charge in [0.25, 0.3) is 0 Å². The molecule has 0 bridgehead atoms. The second-order valence-electron chi connectivity index (χ2n) is 1.73. The molecule has 0 heterocycles. The van der Waals surface area contributed by atoms with Gasteiger partial charge in [0, 0.05) is 0 Å². The Morgan fingerprint density at radius 2 is 2.11 bits per heavy atom. The van der Waals surface area contributed by atoms with E-state index in [1.165, 1.54) is 6.08 Å². The van der Waals surface area contributed by atoms with Gasteiger partial charge >= 0.3 is 0 Å². The van der Waals surface area contributed by atoms with Crippen LogP contribution in [0.2, 0.25) is 0 Å². The van der Waals surface area contributed by atoms with E-state index in [0.717, 1.165) is 5.57 Å². The molecule has 9 heavy (non-hydrogen) atoms. The number of allylic oxidation sites excluding steroid dienone is 5. The smallest absolute Gasteiger partial charge is 0.0869 e. The third-order valence-electron chi connectivity index (χ3n) is 0.877. The zero-order valence-electron chi connectivity index (χ0n) is 5.76. The van der Waals surface area contributed by atoms with Crippen molar-refractivity contribution in [2.45, 2.75) is 13.8 Å². The van der Waals surface area contributed by atoms with Crippen molar-refractivity contribution >= 4 is 0 Å². The molecule has 0 fully saturated rings. The van der Waals surface area contributed by atoms with Crippen molar-refractivity contribution in [3.8, 4) is 0 Å². The van der Waals surface area contributed by atoms with E-state index in [1.54, 1.807) is 0 Å². The van der Waals surface area contributed by atoms with Gasteiger partial charge in [-0.25, -0.2) is 4.39 Å². The van der Waals surface area contributed by atoms with E-state index in [9.17, 15) is 4.39 Å². The van der Waals surface area contributed by atoms with Gasteiger partial charge in [0.05, 0.1) is 6.33 Å². The zero-order chi connectivity index (χ0) is 7.11. The predicted octanol–water partition coefficient (Wildman–Crippen LogP) is 2.99. The Kier molecular flexibility index (Phi) is 4.79. The average Bonchev–Trinajstić information content (AvgIpc) is 1.85. The number of hydrogen-bond acceptors (Lipinski definition) is 0. The van der Waals surface area contributed by atoms with Crippen molar-refractivity contribution in [2.75, 3.05) is 0 Å². The zero-order valence-corrected chi connectivity index (χ0v) is 5.76. The lowest BCUT2D eigenvalue weighted by atomic mass is 10.3. The SMILES string of the molecule is C\C=C/C=C(C)\C=C\F. The summed E-state index contributed by atoms with van der Waals surface area (Å²) in [4.78, 5) is 0. The molecule has 0 saturated heterocycles. The molecule has 0 nitrogen and oxygen atoms in total. The monoisotopic (exact) mass is 126 g/mol. The highest BCUT2D eigenvalue weighted by Gasteiger charge is 1.74. The van der Waals surface area contributed by atoms with Crippen LogP contribution in [0, 0.1) is 0 Å². The third-order valence-corrected chi connectivity index (χ3v) is 0.877. The van der Waals surface area contributed by atoms with E-state index in [-0.39, 0.29) is 0 Å². The van der Waals surface area contributed by atoms with E-state index < -0.39 is 0 Å². The van der Waals surface area contributed by atoms with Gasteiger partial charge in [0.1, 0.15) is 0 Å². The fourth-order valence-electron chi connectivity index (χ4n) is 0.403. The third kappa shape index (κ3) is 5.01. The number of rotatable bonds is 2. The van der Waals surface area contributed by atoms with E-state index in [4.69, 9.17) is 0 Å². The van der Waals surface area contributed by atoms with Gasteiger partial charge in [0.2, 0.25) is 0 Å². The summed E-state index contributed by atoms with van der Waals surface area (Å²) < 4.78 is 11.4. The molecule has 0 aliphatic rings. The highest BCUT2D eigenvalue weighted by molar-refractivity contribution is 5.19. The van der Waals surface area contributed by atoms with Crippen LogP contribution in [-0.4, -0.2) is 0 Å². The van der Waals surface area contributed by atoms with Gasteiger partial charge in [-0.1, -0.05) is 18.2 Å². The van der Waals surface area contributed by atoms with Crippen LogP contribution in [0.1, 0.15) is 13.8 Å². The van der Waals surface area contributed by atoms with Crippen LogP contribution in [0.25, 0.3) is 0 Å². The van der Waals surface area contributed by atoms with Gasteiger partial charge in [-0.05, 0) is 25.5 Å². The first kappa shape index (κ1) is 8.15. The maximum absolute atomic E-state index is 11.4. The molecule has 50 valence electrons. The lowest BCUT2D eigenvalue weighted by molar-refractivity contribution is 0.720. The van der Waals surface area contributed by atoms with Crippen molar-refractivity contribution in [2.24, 2.45) is 0 Å². The standard InChI is InChI=1S/C8H11F/c1-3-4-5-8(2)6-7-9/h3-7H,1-2H3/b4-3-,7-6+,8-5-. The Morgan fingerprint density at radius 1 is 1.44 bits per heavy atom. The van der Waals surface area contributed by atoms with Gasteiger partial charge in [-0.2, -0.15) is 0 Å². The molecule has 0 radical (unpaired) electrons. The first-order chi connectivity index (χ1) is 4.31. The Bertz CT molecular complexity index is 141. The second-order valence-corrected chi connectivity index (χ2v) is 1.73. The lowest BCUT2D eigenvalue weighted by Gasteiger charge is -1.82. The molecule has 0 rings (SSSR count). The first-order valence-corrected chi connectivity index (χ1v) is 2.87. The normalized spacial score (nSPS) is 13.9. The van der Waals surface area contributed by atoms with Crippen LogP contribution in [0.5, 0.6) is 0 Å². The quantitative estimate of drug-likeness (QED) is 0.499. The Hall–Kier alpha value is -0.850. The van der Waals surface area contributed by atoms with Crippen molar-refractivity contribution in [1.82, 2.24) is 0 Å². The average molecular weight is 126 g/mol. The molecule has 0 saturated carbocycles. The van der Waals surface area contributed by atoms with Crippen molar-refractivity contribution < 1.29 is 4.39 Å². The minimum atomic E-state index is 0.537. The summed E-state index contributed by atoms with van der Waals surface area (Å²) in [6, 6.07) is 0. The highest BCUT2D eigenvalue weighted by atomic mass is 19.1. The highest BCUT2D eigenvalue weighted by Crippen LogP contribution is 1.94. The van der Waals surface area contributed by atoms with Crippen LogP contribution in [0.15, 0.2) is 36.2 Å². The molecule has 0 aliphatic carbocycles. The van der Waals surface area contributed by atoms with E-state index >= 15 is 0 Å². The van der Waals surface area contributed by atoms with Crippen molar-refractivity contribution in [3.63, 3.8) is 0 Å². The Balaban J connectivity index is 3.84. The molecule has 0 aliphatic heterocycles. The van der Waals surface area contributed by atoms with Crippen LogP contribution < -0.4 is 0 Å². The van der Waals surface area contributed by atoms with Crippen molar-refractivity contribution in [1.29, 1.82) is 0 Å². The van der Waals surface area contributed by atoms with E-state index in [2.05, 4.69) is 0 Å². The molecule has 0 aromatic heterocycles. The Morgan fingerprint density at radius 3 is 2.56 bits per heavy atom. The summed E-state index contributed by atoms with van der Waals surface area (Å²) in [5.41, 5.74) is 0.913. The largest absolute Gasteiger partial charge is 0.216 e.